The van der Waals surface area contributed by atoms with E-state index in [4.69, 9.17) is 9.84 Å². The van der Waals surface area contributed by atoms with Crippen molar-refractivity contribution in [2.24, 2.45) is 0 Å². The number of carboxylic acids is 1. The number of hydrogen-bond acceptors (Lipinski definition) is 3. The summed E-state index contributed by atoms with van der Waals surface area (Å²) < 4.78 is 5.59. The summed E-state index contributed by atoms with van der Waals surface area (Å²) in [6.07, 6.45) is 0. The van der Waals surface area contributed by atoms with Crippen LogP contribution in [0.3, 0.4) is 0 Å². The van der Waals surface area contributed by atoms with E-state index in [1.165, 1.54) is 6.07 Å². The monoisotopic (exact) mass is 268 g/mol. The first kappa shape index (κ1) is 12.2. The number of nitrogens with one attached hydrogen (secondary N) is 1. The minimum Gasteiger partial charge on any atom is -0.486 e. The van der Waals surface area contributed by atoms with E-state index >= 15 is 0 Å². The summed E-state index contributed by atoms with van der Waals surface area (Å²) in [6.45, 7) is 0.307. The van der Waals surface area contributed by atoms with Gasteiger partial charge in [-0.2, -0.15) is 0 Å². The molecule has 0 unspecified atom stereocenters. The number of carboxylic acid groups (broad SMARTS) is 1. The molecule has 3 rings (SSSR count). The van der Waals surface area contributed by atoms with Crippen molar-refractivity contribution in [1.29, 1.82) is 0 Å². The van der Waals surface area contributed by atoms with Gasteiger partial charge in [0.15, 0.2) is 0 Å². The first-order valence-corrected chi connectivity index (χ1v) is 6.12. The molecule has 100 valence electrons. The highest BCUT2D eigenvalue weighted by atomic mass is 16.5. The zero-order chi connectivity index (χ0) is 13.9. The van der Waals surface area contributed by atoms with Gasteiger partial charge in [0, 0.05) is 0 Å². The predicted octanol–water partition coefficient (Wildman–Crippen LogP) is 2.84. The van der Waals surface area contributed by atoms with Gasteiger partial charge < -0.3 is 14.8 Å². The van der Waals surface area contributed by atoms with Gasteiger partial charge in [0.25, 0.3) is 0 Å². The van der Waals surface area contributed by atoms with Crippen molar-refractivity contribution in [2.45, 2.75) is 6.61 Å². The van der Waals surface area contributed by atoms with Gasteiger partial charge in [0.1, 0.15) is 18.2 Å². The van der Waals surface area contributed by atoms with E-state index in [0.29, 0.717) is 17.9 Å². The largest absolute Gasteiger partial charge is 0.486 e. The first-order chi connectivity index (χ1) is 9.72. The molecule has 0 radical (unpaired) electrons. The van der Waals surface area contributed by atoms with Crippen molar-refractivity contribution < 1.29 is 14.6 Å². The third kappa shape index (κ3) is 2.47. The van der Waals surface area contributed by atoms with Gasteiger partial charge in [0.05, 0.1) is 16.6 Å². The van der Waals surface area contributed by atoms with E-state index in [0.717, 1.165) is 11.3 Å². The molecule has 1 heterocycles. The zero-order valence-electron chi connectivity index (χ0n) is 10.5. The first-order valence-electron chi connectivity index (χ1n) is 6.12. The van der Waals surface area contributed by atoms with Gasteiger partial charge in [0.2, 0.25) is 0 Å². The number of H-pyrrole nitrogens is 1. The number of para-hydroxylation sites is 1. The van der Waals surface area contributed by atoms with E-state index in [9.17, 15) is 4.79 Å². The van der Waals surface area contributed by atoms with Crippen LogP contribution in [0.1, 0.15) is 16.2 Å². The number of imidazole rings is 1. The Morgan fingerprint density at radius 3 is 2.75 bits per heavy atom. The standard InChI is InChI=1S/C15H12N2O3/c18-15(19)10-6-7-12-13(8-10)17-14(16-12)9-20-11-4-2-1-3-5-11/h1-8H,9H2,(H,16,17)(H,18,19). The summed E-state index contributed by atoms with van der Waals surface area (Å²) in [5.41, 5.74) is 1.65. The maximum absolute atomic E-state index is 10.9. The molecule has 3 aromatic rings. The summed E-state index contributed by atoms with van der Waals surface area (Å²) in [6, 6.07) is 14.2. The number of fused-ring (bicyclic) bond motifs is 1. The average molecular weight is 268 g/mol. The van der Waals surface area contributed by atoms with Crippen LogP contribution in [0.5, 0.6) is 5.75 Å². The number of aromatic amines is 1. The van der Waals surface area contributed by atoms with Crippen LogP contribution in [0.25, 0.3) is 11.0 Å². The summed E-state index contributed by atoms with van der Waals surface area (Å²) in [4.78, 5) is 18.3. The zero-order valence-corrected chi connectivity index (χ0v) is 10.5. The number of carbonyl (C=O) groups is 1. The fourth-order valence-electron chi connectivity index (χ4n) is 1.93. The molecule has 0 aliphatic heterocycles. The predicted molar refractivity (Wildman–Crippen MR) is 73.8 cm³/mol. The number of aromatic carboxylic acids is 1. The molecule has 20 heavy (non-hydrogen) atoms. The molecule has 0 spiro atoms. The molecule has 0 amide bonds. The van der Waals surface area contributed by atoms with E-state index in [1.54, 1.807) is 12.1 Å². The lowest BCUT2D eigenvalue weighted by molar-refractivity contribution is 0.0697. The summed E-state index contributed by atoms with van der Waals surface area (Å²) >= 11 is 0. The fourth-order valence-corrected chi connectivity index (χ4v) is 1.93. The Hall–Kier alpha value is -2.82. The van der Waals surface area contributed by atoms with E-state index in [1.807, 2.05) is 30.3 Å². The normalized spacial score (nSPS) is 10.6. The Balaban J connectivity index is 1.80. The molecule has 0 bridgehead atoms. The Labute approximate surface area is 114 Å². The molecule has 0 saturated carbocycles. The molecule has 2 N–H and O–H groups in total. The summed E-state index contributed by atoms with van der Waals surface area (Å²) in [5.74, 6) is 0.467. The highest BCUT2D eigenvalue weighted by Gasteiger charge is 2.07. The van der Waals surface area contributed by atoms with Gasteiger partial charge in [-0.1, -0.05) is 18.2 Å². The Bertz CT molecular complexity index is 750. The maximum Gasteiger partial charge on any atom is 0.335 e. The second-order valence-electron chi connectivity index (χ2n) is 4.32. The second-order valence-corrected chi connectivity index (χ2v) is 4.32. The van der Waals surface area contributed by atoms with Crippen molar-refractivity contribution in [3.05, 3.63) is 59.9 Å². The van der Waals surface area contributed by atoms with Gasteiger partial charge in [-0.05, 0) is 30.3 Å². The topological polar surface area (TPSA) is 75.2 Å². The number of hydrogen-bond donors (Lipinski definition) is 2. The van der Waals surface area contributed by atoms with Gasteiger partial charge in [-0.15, -0.1) is 0 Å². The van der Waals surface area contributed by atoms with E-state index in [2.05, 4.69) is 9.97 Å². The molecular weight excluding hydrogens is 256 g/mol. The van der Waals surface area contributed by atoms with Gasteiger partial charge in [-0.25, -0.2) is 9.78 Å². The number of benzene rings is 2. The highest BCUT2D eigenvalue weighted by molar-refractivity contribution is 5.92. The Morgan fingerprint density at radius 1 is 1.20 bits per heavy atom. The molecular formula is C15H12N2O3. The van der Waals surface area contributed by atoms with Gasteiger partial charge >= 0.3 is 5.97 Å². The minimum atomic E-state index is -0.955. The number of aromatic nitrogens is 2. The van der Waals surface area contributed by atoms with Crippen LogP contribution in [-0.4, -0.2) is 21.0 Å². The molecule has 0 aliphatic rings. The smallest absolute Gasteiger partial charge is 0.335 e. The molecule has 0 saturated heterocycles. The molecule has 1 aromatic heterocycles. The van der Waals surface area contributed by atoms with Crippen LogP contribution in [0.4, 0.5) is 0 Å². The van der Waals surface area contributed by atoms with Crippen molar-refractivity contribution in [3.63, 3.8) is 0 Å². The maximum atomic E-state index is 10.9. The fraction of sp³-hybridized carbons (Fsp3) is 0.0667. The van der Waals surface area contributed by atoms with Crippen molar-refractivity contribution in [2.75, 3.05) is 0 Å². The summed E-state index contributed by atoms with van der Waals surface area (Å²) in [5, 5.41) is 8.94. The number of nitrogens with zero attached hydrogens (tertiary/aromatic N) is 1. The van der Waals surface area contributed by atoms with Gasteiger partial charge in [-0.3, -0.25) is 0 Å². The van der Waals surface area contributed by atoms with Crippen LogP contribution < -0.4 is 4.74 Å². The minimum absolute atomic E-state index is 0.233. The molecule has 0 atom stereocenters. The molecule has 2 aromatic carbocycles. The number of ether oxygens (including phenoxy) is 1. The summed E-state index contributed by atoms with van der Waals surface area (Å²) in [7, 11) is 0. The van der Waals surface area contributed by atoms with E-state index in [-0.39, 0.29) is 5.56 Å². The lowest BCUT2D eigenvalue weighted by Crippen LogP contribution is -1.97. The lowest BCUT2D eigenvalue weighted by Gasteiger charge is -2.02. The Morgan fingerprint density at radius 2 is 2.00 bits per heavy atom. The van der Waals surface area contributed by atoms with E-state index < -0.39 is 5.97 Å². The van der Waals surface area contributed by atoms with Crippen molar-refractivity contribution in [1.82, 2.24) is 9.97 Å². The SMILES string of the molecule is O=C(O)c1ccc2nc(COc3ccccc3)[nH]c2c1. The molecule has 5 heteroatoms. The highest BCUT2D eigenvalue weighted by Crippen LogP contribution is 2.16. The van der Waals surface area contributed by atoms with Crippen LogP contribution in [0, 0.1) is 0 Å². The van der Waals surface area contributed by atoms with Crippen LogP contribution in [0.15, 0.2) is 48.5 Å². The van der Waals surface area contributed by atoms with Crippen molar-refractivity contribution in [3.8, 4) is 5.75 Å². The molecule has 0 fully saturated rings. The number of rotatable bonds is 4. The molecule has 5 nitrogen and oxygen atoms in total. The third-order valence-corrected chi connectivity index (χ3v) is 2.90. The average Bonchev–Trinajstić information content (AvgIpc) is 2.88. The van der Waals surface area contributed by atoms with Crippen LogP contribution in [0.2, 0.25) is 0 Å². The quantitative estimate of drug-likeness (QED) is 0.763. The Kier molecular flexibility index (Phi) is 3.09. The van der Waals surface area contributed by atoms with Crippen LogP contribution >= 0.6 is 0 Å². The lowest BCUT2D eigenvalue weighted by atomic mass is 10.2. The molecule has 0 aliphatic carbocycles. The second kappa shape index (κ2) is 5.05. The third-order valence-electron chi connectivity index (χ3n) is 2.90. The van der Waals surface area contributed by atoms with Crippen molar-refractivity contribution >= 4 is 17.0 Å². The van der Waals surface area contributed by atoms with Crippen LogP contribution in [-0.2, 0) is 6.61 Å².